The number of hydrogen-bond donors (Lipinski definition) is 2. The topological polar surface area (TPSA) is 73.7 Å². The minimum absolute atomic E-state index is 0.249. The van der Waals surface area contributed by atoms with Crippen molar-refractivity contribution in [3.63, 3.8) is 0 Å². The van der Waals surface area contributed by atoms with E-state index in [1.807, 2.05) is 35.6 Å². The van der Waals surface area contributed by atoms with Crippen molar-refractivity contribution < 1.29 is 4.52 Å². The van der Waals surface area contributed by atoms with E-state index in [4.69, 9.17) is 15.3 Å². The predicted octanol–water partition coefficient (Wildman–Crippen LogP) is 2.21. The fourth-order valence-electron chi connectivity index (χ4n) is 0.864. The summed E-state index contributed by atoms with van der Waals surface area (Å²) in [5, 5.41) is 18.4. The van der Waals surface area contributed by atoms with Gasteiger partial charge in [0.05, 0.1) is 11.4 Å². The number of rotatable bonds is 4. The lowest BCUT2D eigenvalue weighted by Gasteiger charge is -1.93. The SMILES string of the molecule is CCc1cc(CC(=N)C(=N)I)no1. The average Bonchev–Trinajstić information content (AvgIpc) is 2.52. The van der Waals surface area contributed by atoms with Gasteiger partial charge in [-0.3, -0.25) is 5.41 Å². The quantitative estimate of drug-likeness (QED) is 0.659. The Morgan fingerprint density at radius 2 is 2.31 bits per heavy atom. The van der Waals surface area contributed by atoms with E-state index < -0.39 is 0 Å². The van der Waals surface area contributed by atoms with Gasteiger partial charge in [-0.2, -0.15) is 0 Å². The molecule has 5 heteroatoms. The van der Waals surface area contributed by atoms with E-state index in [1.54, 1.807) is 0 Å². The van der Waals surface area contributed by atoms with Gasteiger partial charge in [-0.1, -0.05) is 12.1 Å². The highest BCUT2D eigenvalue weighted by atomic mass is 127. The lowest BCUT2D eigenvalue weighted by molar-refractivity contribution is 0.382. The molecule has 13 heavy (non-hydrogen) atoms. The standard InChI is InChI=1S/C8H10IN3O/c1-2-6-3-5(12-13-6)4-7(10)8(9)11/h3,10-11H,2,4H2,1H3. The van der Waals surface area contributed by atoms with Crippen LogP contribution in [0.25, 0.3) is 0 Å². The van der Waals surface area contributed by atoms with Crippen LogP contribution < -0.4 is 0 Å². The third-order valence-electron chi connectivity index (χ3n) is 1.58. The summed E-state index contributed by atoms with van der Waals surface area (Å²) in [6, 6.07) is 1.83. The molecule has 0 aromatic carbocycles. The molecule has 0 fully saturated rings. The fourth-order valence-corrected chi connectivity index (χ4v) is 1.06. The summed E-state index contributed by atoms with van der Waals surface area (Å²) in [4.78, 5) is 0. The van der Waals surface area contributed by atoms with Crippen molar-refractivity contribution in [2.24, 2.45) is 0 Å². The number of aromatic nitrogens is 1. The van der Waals surface area contributed by atoms with Crippen LogP contribution in [0, 0.1) is 10.8 Å². The molecule has 0 atom stereocenters. The van der Waals surface area contributed by atoms with Gasteiger partial charge in [-0.25, -0.2) is 0 Å². The monoisotopic (exact) mass is 291 g/mol. The molecule has 0 radical (unpaired) electrons. The second-order valence-corrected chi connectivity index (χ2v) is 3.69. The third kappa shape index (κ3) is 2.91. The molecule has 0 saturated carbocycles. The van der Waals surface area contributed by atoms with Crippen molar-refractivity contribution in [2.75, 3.05) is 0 Å². The zero-order valence-corrected chi connectivity index (χ0v) is 9.38. The van der Waals surface area contributed by atoms with E-state index in [-0.39, 0.29) is 9.43 Å². The first-order chi connectivity index (χ1) is 6.13. The van der Waals surface area contributed by atoms with E-state index in [0.717, 1.165) is 17.9 Å². The van der Waals surface area contributed by atoms with Gasteiger partial charge in [-0.15, -0.1) is 0 Å². The highest BCUT2D eigenvalue weighted by Crippen LogP contribution is 2.06. The maximum absolute atomic E-state index is 7.43. The van der Waals surface area contributed by atoms with E-state index in [1.165, 1.54) is 0 Å². The van der Waals surface area contributed by atoms with E-state index in [9.17, 15) is 0 Å². The van der Waals surface area contributed by atoms with Crippen LogP contribution in [0.4, 0.5) is 0 Å². The third-order valence-corrected chi connectivity index (χ3v) is 2.23. The Bertz CT molecular complexity index is 332. The molecule has 0 spiro atoms. The smallest absolute Gasteiger partial charge is 0.136 e. The summed E-state index contributed by atoms with van der Waals surface area (Å²) in [7, 11) is 0. The number of nitrogens with zero attached hydrogens (tertiary/aromatic N) is 1. The van der Waals surface area contributed by atoms with Gasteiger partial charge in [0.1, 0.15) is 9.48 Å². The van der Waals surface area contributed by atoms with Gasteiger partial charge in [0, 0.05) is 18.9 Å². The van der Waals surface area contributed by atoms with Crippen LogP contribution in [-0.2, 0) is 12.8 Å². The van der Waals surface area contributed by atoms with Crippen LogP contribution in [0.3, 0.4) is 0 Å². The predicted molar refractivity (Wildman–Crippen MR) is 59.1 cm³/mol. The minimum atomic E-state index is 0.249. The second kappa shape index (κ2) is 4.50. The van der Waals surface area contributed by atoms with Gasteiger partial charge in [0.25, 0.3) is 0 Å². The zero-order valence-electron chi connectivity index (χ0n) is 7.22. The number of halogens is 1. The Morgan fingerprint density at radius 3 is 2.77 bits per heavy atom. The van der Waals surface area contributed by atoms with Crippen molar-refractivity contribution in [1.82, 2.24) is 5.16 Å². The van der Waals surface area contributed by atoms with Crippen molar-refractivity contribution in [3.8, 4) is 0 Å². The molecule has 0 aliphatic heterocycles. The molecule has 0 bridgehead atoms. The van der Waals surface area contributed by atoms with Gasteiger partial charge >= 0.3 is 0 Å². The Hall–Kier alpha value is -0.720. The fraction of sp³-hybridized carbons (Fsp3) is 0.375. The lowest BCUT2D eigenvalue weighted by Crippen LogP contribution is -2.08. The minimum Gasteiger partial charge on any atom is -0.361 e. The number of hydrogen-bond acceptors (Lipinski definition) is 4. The summed E-state index contributed by atoms with van der Waals surface area (Å²) < 4.78 is 5.22. The summed E-state index contributed by atoms with van der Waals surface area (Å²) in [5.74, 6) is 0.822. The van der Waals surface area contributed by atoms with Crippen LogP contribution in [0.5, 0.6) is 0 Å². The first kappa shape index (κ1) is 10.4. The van der Waals surface area contributed by atoms with Gasteiger partial charge in [-0.05, 0) is 22.6 Å². The molecule has 1 rings (SSSR count). The summed E-state index contributed by atoms with van der Waals surface area (Å²) in [5.41, 5.74) is 1.000. The molecule has 0 aliphatic carbocycles. The summed E-state index contributed by atoms with van der Waals surface area (Å²) in [6.07, 6.45) is 1.19. The molecule has 1 heterocycles. The average molecular weight is 291 g/mol. The lowest BCUT2D eigenvalue weighted by atomic mass is 10.2. The number of aryl methyl sites for hydroxylation is 1. The molecule has 70 valence electrons. The van der Waals surface area contributed by atoms with Gasteiger partial charge in [0.15, 0.2) is 0 Å². The van der Waals surface area contributed by atoms with Crippen molar-refractivity contribution in [2.45, 2.75) is 19.8 Å². The van der Waals surface area contributed by atoms with Gasteiger partial charge < -0.3 is 9.93 Å². The van der Waals surface area contributed by atoms with Crippen LogP contribution >= 0.6 is 22.6 Å². The Labute approximate surface area is 89.9 Å². The van der Waals surface area contributed by atoms with Crippen LogP contribution in [0.1, 0.15) is 18.4 Å². The normalized spacial score (nSPS) is 10.0. The first-order valence-electron chi connectivity index (χ1n) is 3.89. The molecule has 4 nitrogen and oxygen atoms in total. The Balaban J connectivity index is 2.64. The molecule has 0 unspecified atom stereocenters. The molecule has 0 saturated heterocycles. The van der Waals surface area contributed by atoms with Crippen LogP contribution in [-0.4, -0.2) is 14.6 Å². The Kier molecular flexibility index (Phi) is 3.58. The largest absolute Gasteiger partial charge is 0.361 e. The summed E-state index contributed by atoms with van der Waals surface area (Å²) in [6.45, 7) is 1.98. The molecule has 1 aromatic rings. The molecular formula is C8H10IN3O. The van der Waals surface area contributed by atoms with Crippen molar-refractivity contribution >= 4 is 32.0 Å². The molecule has 1 aromatic heterocycles. The van der Waals surface area contributed by atoms with Crippen molar-refractivity contribution in [1.29, 1.82) is 10.8 Å². The van der Waals surface area contributed by atoms with E-state index >= 15 is 0 Å². The van der Waals surface area contributed by atoms with Crippen molar-refractivity contribution in [3.05, 3.63) is 17.5 Å². The van der Waals surface area contributed by atoms with Crippen LogP contribution in [0.15, 0.2) is 10.6 Å². The Morgan fingerprint density at radius 1 is 1.62 bits per heavy atom. The zero-order chi connectivity index (χ0) is 9.84. The molecule has 0 amide bonds. The van der Waals surface area contributed by atoms with E-state index in [2.05, 4.69) is 5.16 Å². The maximum Gasteiger partial charge on any atom is 0.136 e. The highest BCUT2D eigenvalue weighted by Gasteiger charge is 2.07. The number of nitrogens with one attached hydrogen (secondary N) is 2. The molecule has 2 N–H and O–H groups in total. The first-order valence-corrected chi connectivity index (χ1v) is 4.97. The van der Waals surface area contributed by atoms with E-state index in [0.29, 0.717) is 6.42 Å². The maximum atomic E-state index is 7.43. The molecular weight excluding hydrogens is 281 g/mol. The summed E-state index contributed by atoms with van der Waals surface area (Å²) >= 11 is 1.81. The molecule has 0 aliphatic rings. The van der Waals surface area contributed by atoms with Gasteiger partial charge in [0.2, 0.25) is 0 Å². The van der Waals surface area contributed by atoms with Crippen LogP contribution in [0.2, 0.25) is 0 Å². The second-order valence-electron chi connectivity index (χ2n) is 2.61. The highest BCUT2D eigenvalue weighted by molar-refractivity contribution is 14.1.